The van der Waals surface area contributed by atoms with Crippen LogP contribution in [0.2, 0.25) is 0 Å². The quantitative estimate of drug-likeness (QED) is 0.584. The molecule has 0 unspecified atom stereocenters. The molecule has 0 amide bonds. The van der Waals surface area contributed by atoms with Crippen molar-refractivity contribution in [3.05, 3.63) is 64.1 Å². The summed E-state index contributed by atoms with van der Waals surface area (Å²) in [6.07, 6.45) is 0.427. The van der Waals surface area contributed by atoms with Crippen molar-refractivity contribution in [2.75, 3.05) is 23.5 Å². The van der Waals surface area contributed by atoms with Crippen LogP contribution in [0, 0.1) is 6.92 Å². The largest absolute Gasteiger partial charge is 0.344 e. The van der Waals surface area contributed by atoms with Gasteiger partial charge in [-0.2, -0.15) is 8.42 Å². The molecule has 0 saturated carbocycles. The number of aryl methyl sites for hydroxylation is 1. The molecule has 1 N–H and O–H groups in total. The summed E-state index contributed by atoms with van der Waals surface area (Å²) in [7, 11) is -1.81. The molecule has 0 bridgehead atoms. The van der Waals surface area contributed by atoms with Crippen molar-refractivity contribution in [1.82, 2.24) is 0 Å². The summed E-state index contributed by atoms with van der Waals surface area (Å²) in [5, 5.41) is 0. The van der Waals surface area contributed by atoms with E-state index >= 15 is 0 Å². The zero-order chi connectivity index (χ0) is 18.9. The van der Waals surface area contributed by atoms with Gasteiger partial charge in [-0.05, 0) is 48.6 Å². The van der Waals surface area contributed by atoms with Crippen LogP contribution in [-0.2, 0) is 10.1 Å². The molecule has 3 rings (SSSR count). The lowest BCUT2D eigenvalue weighted by molar-refractivity contribution is 0.482. The predicted molar refractivity (Wildman–Crippen MR) is 111 cm³/mol. The molecule has 138 valence electrons. The average molecular weight is 390 g/mol. The lowest BCUT2D eigenvalue weighted by Crippen LogP contribution is -2.18. The zero-order valence-electron chi connectivity index (χ0n) is 15.2. The molecule has 0 aromatic heterocycles. The number of benzene rings is 2. The molecule has 2 aromatic rings. The van der Waals surface area contributed by atoms with E-state index in [1.54, 1.807) is 11.8 Å². The van der Waals surface area contributed by atoms with E-state index < -0.39 is 10.1 Å². The minimum atomic E-state index is -3.89. The fourth-order valence-electron chi connectivity index (χ4n) is 3.30. The highest BCUT2D eigenvalue weighted by Gasteiger charge is 2.25. The van der Waals surface area contributed by atoms with Gasteiger partial charge in [0.2, 0.25) is 0 Å². The number of para-hydroxylation sites is 1. The second-order valence-corrected chi connectivity index (χ2v) is 9.40. The molecule has 1 heterocycles. The third-order valence-corrected chi connectivity index (χ3v) is 6.47. The van der Waals surface area contributed by atoms with Crippen molar-refractivity contribution < 1.29 is 13.0 Å². The minimum absolute atomic E-state index is 0.197. The van der Waals surface area contributed by atoms with Crippen molar-refractivity contribution in [1.29, 1.82) is 0 Å². The number of thioether (sulfide) groups is 1. The monoisotopic (exact) mass is 389 g/mol. The molecule has 0 atom stereocenters. The first-order chi connectivity index (χ1) is 12.3. The van der Waals surface area contributed by atoms with Gasteiger partial charge < -0.3 is 4.90 Å². The normalized spacial score (nSPS) is 15.5. The van der Waals surface area contributed by atoms with Gasteiger partial charge in [0.05, 0.1) is 5.75 Å². The number of anilines is 2. The Hall–Kier alpha value is -1.76. The van der Waals surface area contributed by atoms with Crippen LogP contribution in [0.5, 0.6) is 0 Å². The van der Waals surface area contributed by atoms with E-state index in [0.29, 0.717) is 12.2 Å². The molecule has 6 heteroatoms. The van der Waals surface area contributed by atoms with Crippen LogP contribution in [0.3, 0.4) is 0 Å². The molecular formula is C20H23NO3S2. The zero-order valence-corrected chi connectivity index (χ0v) is 16.8. The standard InChI is InChI=1S/C20H23NO3S2/c1-14-9-10-17-19(13-14)21(3)18-8-5-4-7-16(18)20(17)15(2)25-11-6-12-26(22,23)24/h4-5,7-10,13H,6,11-12H2,1-3H3,(H,22,23,24)/b20-15+. The molecule has 4 nitrogen and oxygen atoms in total. The number of fused-ring (bicyclic) bond motifs is 2. The van der Waals surface area contributed by atoms with Gasteiger partial charge in [0.1, 0.15) is 0 Å². The maximum Gasteiger partial charge on any atom is 0.264 e. The summed E-state index contributed by atoms with van der Waals surface area (Å²) in [6, 6.07) is 14.8. The van der Waals surface area contributed by atoms with Crippen molar-refractivity contribution in [3.8, 4) is 0 Å². The Balaban J connectivity index is 1.99. The summed E-state index contributed by atoms with van der Waals surface area (Å²) in [5.41, 5.74) is 7.14. The van der Waals surface area contributed by atoms with E-state index in [0.717, 1.165) is 4.91 Å². The van der Waals surface area contributed by atoms with Crippen molar-refractivity contribution in [2.24, 2.45) is 0 Å². The second kappa shape index (κ2) is 7.47. The molecule has 0 spiro atoms. The molecular weight excluding hydrogens is 366 g/mol. The molecule has 2 aromatic carbocycles. The van der Waals surface area contributed by atoms with Crippen LogP contribution < -0.4 is 4.90 Å². The van der Waals surface area contributed by atoms with Crippen LogP contribution in [0.1, 0.15) is 30.0 Å². The topological polar surface area (TPSA) is 57.6 Å². The minimum Gasteiger partial charge on any atom is -0.344 e. The number of hydrogen-bond acceptors (Lipinski definition) is 4. The van der Waals surface area contributed by atoms with E-state index in [4.69, 9.17) is 4.55 Å². The molecule has 0 radical (unpaired) electrons. The summed E-state index contributed by atoms with van der Waals surface area (Å²) in [4.78, 5) is 3.38. The Labute approximate surface area is 159 Å². The number of hydrogen-bond donors (Lipinski definition) is 1. The Kier molecular flexibility index (Phi) is 5.46. The van der Waals surface area contributed by atoms with Crippen LogP contribution in [0.15, 0.2) is 47.4 Å². The van der Waals surface area contributed by atoms with Gasteiger partial charge in [0, 0.05) is 35.1 Å². The van der Waals surface area contributed by atoms with Gasteiger partial charge in [-0.15, -0.1) is 11.8 Å². The van der Waals surface area contributed by atoms with Gasteiger partial charge in [-0.25, -0.2) is 0 Å². The molecule has 26 heavy (non-hydrogen) atoms. The molecule has 1 aliphatic rings. The highest BCUT2D eigenvalue weighted by Crippen LogP contribution is 2.47. The Morgan fingerprint density at radius 1 is 1.12 bits per heavy atom. The predicted octanol–water partition coefficient (Wildman–Crippen LogP) is 4.87. The van der Waals surface area contributed by atoms with Crippen LogP contribution in [0.25, 0.3) is 5.57 Å². The van der Waals surface area contributed by atoms with Crippen molar-refractivity contribution in [2.45, 2.75) is 20.3 Å². The summed E-state index contributed by atoms with van der Waals surface area (Å²) < 4.78 is 30.7. The van der Waals surface area contributed by atoms with Gasteiger partial charge in [0.25, 0.3) is 10.1 Å². The Bertz CT molecular complexity index is 965. The second-order valence-electron chi connectivity index (χ2n) is 6.52. The van der Waals surface area contributed by atoms with Crippen molar-refractivity contribution in [3.63, 3.8) is 0 Å². The fraction of sp³-hybridized carbons (Fsp3) is 0.300. The lowest BCUT2D eigenvalue weighted by atomic mass is 9.89. The van der Waals surface area contributed by atoms with E-state index in [1.807, 2.05) is 12.1 Å². The lowest BCUT2D eigenvalue weighted by Gasteiger charge is -2.33. The smallest absolute Gasteiger partial charge is 0.264 e. The maximum absolute atomic E-state index is 10.9. The molecule has 0 saturated heterocycles. The first-order valence-electron chi connectivity index (χ1n) is 8.51. The number of nitrogens with zero attached hydrogens (tertiary/aromatic N) is 1. The fourth-order valence-corrected chi connectivity index (χ4v) is 4.95. The number of rotatable bonds is 5. The maximum atomic E-state index is 10.9. The summed E-state index contributed by atoms with van der Waals surface area (Å²) in [6.45, 7) is 4.17. The van der Waals surface area contributed by atoms with Gasteiger partial charge in [-0.3, -0.25) is 4.55 Å². The third-order valence-electron chi connectivity index (χ3n) is 4.54. The summed E-state index contributed by atoms with van der Waals surface area (Å²) >= 11 is 1.64. The van der Waals surface area contributed by atoms with E-state index in [1.165, 1.54) is 33.6 Å². The van der Waals surface area contributed by atoms with Gasteiger partial charge in [0.15, 0.2) is 0 Å². The van der Waals surface area contributed by atoms with E-state index in [2.05, 4.69) is 56.1 Å². The Morgan fingerprint density at radius 3 is 2.54 bits per heavy atom. The van der Waals surface area contributed by atoms with Crippen LogP contribution >= 0.6 is 11.8 Å². The van der Waals surface area contributed by atoms with Crippen LogP contribution in [-0.4, -0.2) is 31.5 Å². The average Bonchev–Trinajstić information content (AvgIpc) is 2.59. The highest BCUT2D eigenvalue weighted by molar-refractivity contribution is 8.03. The van der Waals surface area contributed by atoms with E-state index in [-0.39, 0.29) is 5.75 Å². The SMILES string of the molecule is C/C(SCCCS(=O)(=O)O)=C1/c2ccccc2N(C)c2cc(C)ccc21. The number of allylic oxidation sites excluding steroid dienone is 1. The Morgan fingerprint density at radius 2 is 1.81 bits per heavy atom. The van der Waals surface area contributed by atoms with Crippen molar-refractivity contribution >= 4 is 38.8 Å². The third kappa shape index (κ3) is 3.98. The first-order valence-corrected chi connectivity index (χ1v) is 11.1. The molecule has 0 fully saturated rings. The molecule has 0 aliphatic carbocycles. The van der Waals surface area contributed by atoms with Gasteiger partial charge >= 0.3 is 0 Å². The molecule has 1 aliphatic heterocycles. The van der Waals surface area contributed by atoms with Gasteiger partial charge in [-0.1, -0.05) is 30.3 Å². The van der Waals surface area contributed by atoms with E-state index in [9.17, 15) is 8.42 Å². The first kappa shape index (κ1) is 19.0. The highest BCUT2D eigenvalue weighted by atomic mass is 32.2. The summed E-state index contributed by atoms with van der Waals surface area (Å²) in [5.74, 6) is 0.450. The van der Waals surface area contributed by atoms with Crippen LogP contribution in [0.4, 0.5) is 11.4 Å².